The first kappa shape index (κ1) is 16.0. The molecule has 1 aromatic rings. The van der Waals surface area contributed by atoms with Gasteiger partial charge in [-0.15, -0.1) is 0 Å². The van der Waals surface area contributed by atoms with Crippen LogP contribution in [0.5, 0.6) is 0 Å². The summed E-state index contributed by atoms with van der Waals surface area (Å²) in [5.74, 6) is -2.69. The van der Waals surface area contributed by atoms with E-state index in [1.165, 1.54) is 6.07 Å². The van der Waals surface area contributed by atoms with E-state index in [9.17, 15) is 19.5 Å². The minimum atomic E-state index is -1.13. The molecule has 2 saturated heterocycles. The van der Waals surface area contributed by atoms with E-state index in [0.29, 0.717) is 5.69 Å². The van der Waals surface area contributed by atoms with E-state index in [2.05, 4.69) is 0 Å². The monoisotopic (exact) mass is 343 g/mol. The summed E-state index contributed by atoms with van der Waals surface area (Å²) in [5, 5.41) is 9.71. The number of aliphatic hydroxyl groups is 1. The molecule has 25 heavy (non-hydrogen) atoms. The molecule has 3 aliphatic rings. The van der Waals surface area contributed by atoms with Crippen molar-refractivity contribution in [2.75, 3.05) is 18.1 Å². The Balaban J connectivity index is 1.70. The Bertz CT molecular complexity index is 803. The van der Waals surface area contributed by atoms with E-state index in [4.69, 9.17) is 9.47 Å². The van der Waals surface area contributed by atoms with Crippen LogP contribution in [0.1, 0.15) is 17.3 Å². The molecule has 130 valence electrons. The van der Waals surface area contributed by atoms with Crippen LogP contribution >= 0.6 is 0 Å². The van der Waals surface area contributed by atoms with Gasteiger partial charge in [-0.3, -0.25) is 9.59 Å². The number of rotatable bonds is 4. The van der Waals surface area contributed by atoms with Gasteiger partial charge in [0, 0.05) is 0 Å². The van der Waals surface area contributed by atoms with Crippen molar-refractivity contribution in [3.63, 3.8) is 0 Å². The number of carbonyl (C=O) groups excluding carboxylic acids is 3. The molecular weight excluding hydrogens is 326 g/mol. The van der Waals surface area contributed by atoms with E-state index >= 15 is 0 Å². The largest absolute Gasteiger partial charge is 0.462 e. The molecule has 3 aliphatic heterocycles. The number of ether oxygens (including phenoxy) is 2. The molecular formula is C18H17NO6. The number of nitrogens with zero attached hydrogens (tertiary/aromatic N) is 1. The third-order valence-electron chi connectivity index (χ3n) is 5.02. The van der Waals surface area contributed by atoms with Gasteiger partial charge in [0.05, 0.1) is 42.4 Å². The number of amides is 2. The first-order chi connectivity index (χ1) is 12.0. The Morgan fingerprint density at radius 1 is 1.36 bits per heavy atom. The number of anilines is 1. The molecule has 3 heterocycles. The van der Waals surface area contributed by atoms with Gasteiger partial charge in [-0.2, -0.15) is 0 Å². The van der Waals surface area contributed by atoms with Crippen molar-refractivity contribution < 1.29 is 29.0 Å². The third kappa shape index (κ3) is 2.09. The summed E-state index contributed by atoms with van der Waals surface area (Å²) < 4.78 is 10.7. The molecule has 4 atom stereocenters. The fourth-order valence-corrected chi connectivity index (χ4v) is 3.92. The highest BCUT2D eigenvalue weighted by Crippen LogP contribution is 2.52. The maximum Gasteiger partial charge on any atom is 0.338 e. The maximum absolute atomic E-state index is 12.9. The molecule has 0 aromatic heterocycles. The lowest BCUT2D eigenvalue weighted by Gasteiger charge is -2.26. The molecule has 1 N–H and O–H groups in total. The van der Waals surface area contributed by atoms with Crippen molar-refractivity contribution in [3.8, 4) is 0 Å². The minimum Gasteiger partial charge on any atom is -0.462 e. The van der Waals surface area contributed by atoms with E-state index in [1.54, 1.807) is 37.3 Å². The van der Waals surface area contributed by atoms with E-state index in [0.717, 1.165) is 4.90 Å². The number of esters is 1. The number of benzene rings is 1. The number of carbonyl (C=O) groups is 3. The summed E-state index contributed by atoms with van der Waals surface area (Å²) in [6.45, 7) is 1.57. The molecule has 0 radical (unpaired) electrons. The molecule has 7 nitrogen and oxygen atoms in total. The zero-order valence-corrected chi connectivity index (χ0v) is 13.5. The van der Waals surface area contributed by atoms with Gasteiger partial charge in [-0.25, -0.2) is 9.69 Å². The van der Waals surface area contributed by atoms with Crippen LogP contribution in [0.4, 0.5) is 5.69 Å². The number of imide groups is 1. The summed E-state index contributed by atoms with van der Waals surface area (Å²) >= 11 is 0. The highest BCUT2D eigenvalue weighted by atomic mass is 16.5. The molecule has 2 bridgehead atoms. The molecule has 4 rings (SSSR count). The van der Waals surface area contributed by atoms with Gasteiger partial charge in [-0.05, 0) is 25.1 Å². The van der Waals surface area contributed by atoms with Crippen LogP contribution in [0.25, 0.3) is 0 Å². The average Bonchev–Trinajstić information content (AvgIpc) is 3.26. The Morgan fingerprint density at radius 3 is 2.88 bits per heavy atom. The molecule has 2 amide bonds. The van der Waals surface area contributed by atoms with Gasteiger partial charge >= 0.3 is 5.97 Å². The topological polar surface area (TPSA) is 93.1 Å². The van der Waals surface area contributed by atoms with Crippen molar-refractivity contribution >= 4 is 23.5 Å². The van der Waals surface area contributed by atoms with Crippen molar-refractivity contribution in [3.05, 3.63) is 42.0 Å². The highest BCUT2D eigenvalue weighted by Gasteiger charge is 2.67. The predicted molar refractivity (Wildman–Crippen MR) is 85.7 cm³/mol. The van der Waals surface area contributed by atoms with Crippen LogP contribution in [0, 0.1) is 11.8 Å². The molecule has 0 aliphatic carbocycles. The highest BCUT2D eigenvalue weighted by molar-refractivity contribution is 6.23. The molecule has 0 unspecified atom stereocenters. The first-order valence-electron chi connectivity index (χ1n) is 8.15. The lowest BCUT2D eigenvalue weighted by Crippen LogP contribution is -2.43. The van der Waals surface area contributed by atoms with Crippen LogP contribution < -0.4 is 4.90 Å². The van der Waals surface area contributed by atoms with E-state index in [1.807, 2.05) is 0 Å². The van der Waals surface area contributed by atoms with Gasteiger partial charge < -0.3 is 14.6 Å². The summed E-state index contributed by atoms with van der Waals surface area (Å²) in [6, 6.07) is 6.23. The second kappa shape index (κ2) is 5.50. The van der Waals surface area contributed by atoms with Crippen LogP contribution in [-0.2, 0) is 19.1 Å². The van der Waals surface area contributed by atoms with Gasteiger partial charge in [0.25, 0.3) is 0 Å². The molecule has 0 spiro atoms. The van der Waals surface area contributed by atoms with Crippen LogP contribution in [-0.4, -0.2) is 47.8 Å². The maximum atomic E-state index is 12.9. The second-order valence-electron chi connectivity index (χ2n) is 6.34. The minimum absolute atomic E-state index is 0.235. The smallest absolute Gasteiger partial charge is 0.338 e. The zero-order valence-electron chi connectivity index (χ0n) is 13.5. The fraction of sp³-hybridized carbons (Fsp3) is 0.389. The quantitative estimate of drug-likeness (QED) is 0.491. The van der Waals surface area contributed by atoms with Crippen molar-refractivity contribution in [1.82, 2.24) is 0 Å². The van der Waals surface area contributed by atoms with E-state index in [-0.39, 0.29) is 24.7 Å². The number of hydrogen-bond donors (Lipinski definition) is 1. The SMILES string of the molecule is CCOC(=O)c1cccc(N2C(=O)[C@H]3[C@@H]4C=C[C@@](CO)(O4)[C@@H]3C2=O)c1. The summed E-state index contributed by atoms with van der Waals surface area (Å²) in [5.41, 5.74) is -0.538. The summed E-state index contributed by atoms with van der Waals surface area (Å²) in [4.78, 5) is 38.8. The second-order valence-corrected chi connectivity index (χ2v) is 6.34. The Morgan fingerprint density at radius 2 is 2.16 bits per heavy atom. The lowest BCUT2D eigenvalue weighted by molar-refractivity contribution is -0.128. The van der Waals surface area contributed by atoms with Crippen molar-refractivity contribution in [2.24, 2.45) is 11.8 Å². The number of fused-ring (bicyclic) bond motifs is 5. The molecule has 0 saturated carbocycles. The molecule has 2 fully saturated rings. The van der Waals surface area contributed by atoms with Crippen LogP contribution in [0.3, 0.4) is 0 Å². The standard InChI is InChI=1S/C18H17NO6/c1-2-24-17(23)10-4-3-5-11(8-10)19-15(21)13-12-6-7-18(9-20,25-12)14(13)16(19)22/h3-8,12-14,20H,2,9H2,1H3/t12-,13-,14-,18-/m0/s1. The van der Waals surface area contributed by atoms with Gasteiger partial charge in [-0.1, -0.05) is 18.2 Å². The van der Waals surface area contributed by atoms with Gasteiger partial charge in [0.2, 0.25) is 11.8 Å². The third-order valence-corrected chi connectivity index (χ3v) is 5.02. The summed E-state index contributed by atoms with van der Waals surface area (Å²) in [6.07, 6.45) is 2.88. The number of aliphatic hydroxyl groups excluding tert-OH is 1. The Kier molecular flexibility index (Phi) is 3.52. The van der Waals surface area contributed by atoms with Crippen LogP contribution in [0.2, 0.25) is 0 Å². The van der Waals surface area contributed by atoms with Crippen molar-refractivity contribution in [2.45, 2.75) is 18.6 Å². The zero-order chi connectivity index (χ0) is 17.8. The Labute approximate surface area is 143 Å². The fourth-order valence-electron chi connectivity index (χ4n) is 3.92. The number of hydrogen-bond acceptors (Lipinski definition) is 6. The van der Waals surface area contributed by atoms with Crippen molar-refractivity contribution in [1.29, 1.82) is 0 Å². The normalized spacial score (nSPS) is 32.4. The van der Waals surface area contributed by atoms with Gasteiger partial charge in [0.15, 0.2) is 0 Å². The predicted octanol–water partition coefficient (Wildman–Crippen LogP) is 0.669. The summed E-state index contributed by atoms with van der Waals surface area (Å²) in [7, 11) is 0. The average molecular weight is 343 g/mol. The molecule has 7 heteroatoms. The van der Waals surface area contributed by atoms with Crippen LogP contribution in [0.15, 0.2) is 36.4 Å². The lowest BCUT2D eigenvalue weighted by atomic mass is 9.77. The Hall–Kier alpha value is -2.51. The molecule has 1 aromatic carbocycles. The first-order valence-corrected chi connectivity index (χ1v) is 8.15. The van der Waals surface area contributed by atoms with E-state index < -0.39 is 35.4 Å². The van der Waals surface area contributed by atoms with Gasteiger partial charge in [0.1, 0.15) is 5.60 Å².